The second-order valence-corrected chi connectivity index (χ2v) is 10.0. The summed E-state index contributed by atoms with van der Waals surface area (Å²) in [5, 5.41) is 0.567. The molecule has 0 saturated carbocycles. The molecule has 1 aromatic heterocycles. The van der Waals surface area contributed by atoms with Gasteiger partial charge in [0, 0.05) is 13.0 Å². The minimum Gasteiger partial charge on any atom is -0.333 e. The van der Waals surface area contributed by atoms with Crippen LogP contribution in [0.15, 0.2) is 29.1 Å². The van der Waals surface area contributed by atoms with Crippen molar-refractivity contribution >= 4 is 16.8 Å². The minimum absolute atomic E-state index is 0.124. The molecule has 172 valence electrons. The van der Waals surface area contributed by atoms with Crippen LogP contribution in [0.25, 0.3) is 10.9 Å². The number of nitrogens with one attached hydrogen (secondary N) is 1. The Labute approximate surface area is 186 Å². The molecule has 0 aliphatic rings. The highest BCUT2D eigenvalue weighted by atomic mass is 16.2. The van der Waals surface area contributed by atoms with Crippen molar-refractivity contribution in [2.24, 2.45) is 17.1 Å². The number of aromatic nitrogens is 2. The lowest BCUT2D eigenvalue weighted by Gasteiger charge is -2.31. The summed E-state index contributed by atoms with van der Waals surface area (Å²) in [6.45, 7) is 12.1. The number of hydrogen-bond donors (Lipinski definition) is 2. The number of amides is 1. The number of nitrogens with zero attached hydrogens (tertiary/aromatic N) is 2. The normalized spacial score (nSPS) is 13.9. The first-order valence-electron chi connectivity index (χ1n) is 11.6. The Kier molecular flexibility index (Phi) is 9.23. The summed E-state index contributed by atoms with van der Waals surface area (Å²) in [5.74, 6) is 0.962. The number of para-hydroxylation sites is 1. The molecule has 6 nitrogen and oxygen atoms in total. The van der Waals surface area contributed by atoms with Crippen LogP contribution in [0.4, 0.5) is 0 Å². The molecule has 0 aliphatic carbocycles. The predicted molar refractivity (Wildman–Crippen MR) is 128 cm³/mol. The standard InChI is InChI=1S/C25H40N4O2/c1-18(17-25(3,4)5)16-22(30)29(15-11-7-6-10-14-26)19(2)23-27-21-13-9-8-12-20(21)24(31)28-23/h8-9,12-13,18-19H,6-7,10-11,14-17,26H2,1-5H3,(H,27,28,31)/t18-,19-/m0/s1. The summed E-state index contributed by atoms with van der Waals surface area (Å²) in [5.41, 5.74) is 6.28. The van der Waals surface area contributed by atoms with E-state index in [9.17, 15) is 9.59 Å². The maximum Gasteiger partial charge on any atom is 0.258 e. The van der Waals surface area contributed by atoms with Gasteiger partial charge in [0.2, 0.25) is 5.91 Å². The van der Waals surface area contributed by atoms with Gasteiger partial charge < -0.3 is 15.6 Å². The van der Waals surface area contributed by atoms with Gasteiger partial charge in [0.25, 0.3) is 5.56 Å². The van der Waals surface area contributed by atoms with E-state index in [4.69, 9.17) is 5.73 Å². The van der Waals surface area contributed by atoms with E-state index in [1.807, 2.05) is 30.0 Å². The van der Waals surface area contributed by atoms with Crippen LogP contribution in [0.3, 0.4) is 0 Å². The van der Waals surface area contributed by atoms with E-state index < -0.39 is 0 Å². The van der Waals surface area contributed by atoms with Crippen LogP contribution in [-0.4, -0.2) is 33.9 Å². The number of nitrogens with two attached hydrogens (primary N) is 1. The maximum atomic E-state index is 13.3. The third-order valence-electron chi connectivity index (χ3n) is 5.65. The van der Waals surface area contributed by atoms with Crippen molar-refractivity contribution in [2.45, 2.75) is 79.2 Å². The van der Waals surface area contributed by atoms with Crippen molar-refractivity contribution in [3.05, 3.63) is 40.4 Å². The molecule has 31 heavy (non-hydrogen) atoms. The largest absolute Gasteiger partial charge is 0.333 e. The third-order valence-corrected chi connectivity index (χ3v) is 5.65. The van der Waals surface area contributed by atoms with Gasteiger partial charge in [-0.25, -0.2) is 4.98 Å². The fourth-order valence-electron chi connectivity index (χ4n) is 4.30. The van der Waals surface area contributed by atoms with Crippen molar-refractivity contribution in [2.75, 3.05) is 13.1 Å². The Morgan fingerprint density at radius 1 is 1.13 bits per heavy atom. The molecule has 6 heteroatoms. The second kappa shape index (κ2) is 11.4. The summed E-state index contributed by atoms with van der Waals surface area (Å²) < 4.78 is 0. The molecule has 0 bridgehead atoms. The number of fused-ring (bicyclic) bond motifs is 1. The Hall–Kier alpha value is -2.21. The molecular weight excluding hydrogens is 388 g/mol. The Morgan fingerprint density at radius 3 is 2.48 bits per heavy atom. The van der Waals surface area contributed by atoms with Gasteiger partial charge in [0.05, 0.1) is 16.9 Å². The van der Waals surface area contributed by atoms with Gasteiger partial charge in [0.15, 0.2) is 0 Å². The second-order valence-electron chi connectivity index (χ2n) is 10.0. The van der Waals surface area contributed by atoms with Crippen LogP contribution in [0, 0.1) is 11.3 Å². The van der Waals surface area contributed by atoms with E-state index in [1.54, 1.807) is 6.07 Å². The minimum atomic E-state index is -0.291. The van der Waals surface area contributed by atoms with Crippen LogP contribution in [0.5, 0.6) is 0 Å². The molecular formula is C25H40N4O2. The van der Waals surface area contributed by atoms with Crippen molar-refractivity contribution in [1.82, 2.24) is 14.9 Å². The van der Waals surface area contributed by atoms with Gasteiger partial charge in [-0.15, -0.1) is 0 Å². The van der Waals surface area contributed by atoms with Gasteiger partial charge in [-0.3, -0.25) is 9.59 Å². The lowest BCUT2D eigenvalue weighted by molar-refractivity contribution is -0.134. The molecule has 0 aliphatic heterocycles. The van der Waals surface area contributed by atoms with Crippen LogP contribution >= 0.6 is 0 Å². The summed E-state index contributed by atoms with van der Waals surface area (Å²) in [7, 11) is 0. The molecule has 1 amide bonds. The number of H-pyrrole nitrogens is 1. The van der Waals surface area contributed by atoms with Crippen LogP contribution < -0.4 is 11.3 Å². The van der Waals surface area contributed by atoms with Gasteiger partial charge in [-0.1, -0.05) is 52.7 Å². The third kappa shape index (κ3) is 7.76. The summed E-state index contributed by atoms with van der Waals surface area (Å²) in [6, 6.07) is 7.02. The van der Waals surface area contributed by atoms with E-state index in [1.165, 1.54) is 0 Å². The van der Waals surface area contributed by atoms with Gasteiger partial charge in [0.1, 0.15) is 5.82 Å². The molecule has 0 unspecified atom stereocenters. The fourth-order valence-corrected chi connectivity index (χ4v) is 4.30. The summed E-state index contributed by atoms with van der Waals surface area (Å²) in [6.07, 6.45) is 5.52. The average molecular weight is 429 g/mol. The quantitative estimate of drug-likeness (QED) is 0.503. The van der Waals surface area contributed by atoms with Crippen molar-refractivity contribution < 1.29 is 4.79 Å². The highest BCUT2D eigenvalue weighted by molar-refractivity contribution is 5.78. The number of hydrogen-bond acceptors (Lipinski definition) is 4. The Bertz CT molecular complexity index is 900. The Balaban J connectivity index is 2.21. The molecule has 2 atom stereocenters. The van der Waals surface area contributed by atoms with Crippen molar-refractivity contribution in [3.63, 3.8) is 0 Å². The van der Waals surface area contributed by atoms with E-state index in [0.29, 0.717) is 42.2 Å². The van der Waals surface area contributed by atoms with E-state index in [-0.39, 0.29) is 22.9 Å². The molecule has 3 N–H and O–H groups in total. The van der Waals surface area contributed by atoms with E-state index >= 15 is 0 Å². The van der Waals surface area contributed by atoms with Crippen LogP contribution in [0.1, 0.15) is 85.0 Å². The average Bonchev–Trinajstić information content (AvgIpc) is 2.68. The zero-order valence-electron chi connectivity index (χ0n) is 19.9. The Morgan fingerprint density at radius 2 is 1.81 bits per heavy atom. The highest BCUT2D eigenvalue weighted by Crippen LogP contribution is 2.28. The SMILES string of the molecule is C[C@@H](CC(=O)N(CCCCCCN)[C@@H](C)c1nc2ccccc2c(=O)[nH]1)CC(C)(C)C. The zero-order chi connectivity index (χ0) is 23.0. The first-order valence-corrected chi connectivity index (χ1v) is 11.6. The first-order chi connectivity index (χ1) is 14.6. The zero-order valence-corrected chi connectivity index (χ0v) is 19.9. The highest BCUT2D eigenvalue weighted by Gasteiger charge is 2.26. The molecule has 2 aromatic rings. The molecule has 0 fully saturated rings. The number of rotatable bonds is 11. The number of carbonyl (C=O) groups excluding carboxylic acids is 1. The van der Waals surface area contributed by atoms with Gasteiger partial charge >= 0.3 is 0 Å². The van der Waals surface area contributed by atoms with E-state index in [0.717, 1.165) is 32.1 Å². The number of benzene rings is 1. The van der Waals surface area contributed by atoms with Crippen molar-refractivity contribution in [3.8, 4) is 0 Å². The molecule has 0 saturated heterocycles. The molecule has 1 heterocycles. The molecule has 2 rings (SSSR count). The van der Waals surface area contributed by atoms with Crippen LogP contribution in [-0.2, 0) is 4.79 Å². The van der Waals surface area contributed by atoms with Gasteiger partial charge in [-0.2, -0.15) is 0 Å². The van der Waals surface area contributed by atoms with Gasteiger partial charge in [-0.05, 0) is 56.2 Å². The topological polar surface area (TPSA) is 92.1 Å². The number of aromatic amines is 1. The molecule has 0 spiro atoms. The summed E-state index contributed by atoms with van der Waals surface area (Å²) in [4.78, 5) is 35.3. The predicted octanol–water partition coefficient (Wildman–Crippen LogP) is 4.79. The summed E-state index contributed by atoms with van der Waals surface area (Å²) >= 11 is 0. The first kappa shape index (κ1) is 25.1. The van der Waals surface area contributed by atoms with Crippen LogP contribution in [0.2, 0.25) is 0 Å². The lowest BCUT2D eigenvalue weighted by Crippen LogP contribution is -2.37. The monoisotopic (exact) mass is 428 g/mol. The maximum absolute atomic E-state index is 13.3. The molecule has 1 aromatic carbocycles. The van der Waals surface area contributed by atoms with Crippen molar-refractivity contribution in [1.29, 1.82) is 0 Å². The number of unbranched alkanes of at least 4 members (excludes halogenated alkanes) is 3. The number of carbonyl (C=O) groups is 1. The smallest absolute Gasteiger partial charge is 0.258 e. The fraction of sp³-hybridized carbons (Fsp3) is 0.640. The molecule has 0 radical (unpaired) electrons. The van der Waals surface area contributed by atoms with E-state index in [2.05, 4.69) is 37.7 Å². The lowest BCUT2D eigenvalue weighted by atomic mass is 9.84.